The zero-order chi connectivity index (χ0) is 13.1. The molecule has 1 heterocycles. The first-order chi connectivity index (χ1) is 8.58. The van der Waals surface area contributed by atoms with Crippen LogP contribution in [0, 0.1) is 0 Å². The summed E-state index contributed by atoms with van der Waals surface area (Å²) in [6.45, 7) is 2.90. The van der Waals surface area contributed by atoms with E-state index < -0.39 is 0 Å². The molecule has 18 heavy (non-hydrogen) atoms. The Morgan fingerprint density at radius 3 is 2.83 bits per heavy atom. The minimum Gasteiger partial charge on any atom is -0.508 e. The maximum atomic E-state index is 9.51. The molecule has 1 N–H and O–H groups in total. The van der Waals surface area contributed by atoms with Crippen molar-refractivity contribution in [3.8, 4) is 5.75 Å². The molecule has 0 unspecified atom stereocenters. The van der Waals surface area contributed by atoms with E-state index in [-0.39, 0.29) is 6.04 Å². The van der Waals surface area contributed by atoms with Crippen molar-refractivity contribution >= 4 is 0 Å². The fourth-order valence-corrected chi connectivity index (χ4v) is 1.95. The lowest BCUT2D eigenvalue weighted by atomic mass is 10.1. The molecule has 0 aliphatic rings. The second kappa shape index (κ2) is 5.23. The molecule has 0 aliphatic carbocycles. The van der Waals surface area contributed by atoms with E-state index in [1.165, 1.54) is 0 Å². The normalized spacial score (nSPS) is 12.9. The standard InChI is InChI=1S/C14H19N3O/c1-11(12-5-4-6-13(18)9-12)17(3)10-14-15-7-8-16(14)2/h4-9,11,18H,10H2,1-3H3/t11-/m1/s1. The van der Waals surface area contributed by atoms with Gasteiger partial charge in [-0.1, -0.05) is 12.1 Å². The second-order valence-electron chi connectivity index (χ2n) is 4.64. The Balaban J connectivity index is 2.09. The highest BCUT2D eigenvalue weighted by molar-refractivity contribution is 5.29. The van der Waals surface area contributed by atoms with Gasteiger partial charge in [-0.3, -0.25) is 4.90 Å². The molecule has 2 rings (SSSR count). The monoisotopic (exact) mass is 245 g/mol. The van der Waals surface area contributed by atoms with Gasteiger partial charge in [-0.25, -0.2) is 4.98 Å². The average molecular weight is 245 g/mol. The largest absolute Gasteiger partial charge is 0.508 e. The van der Waals surface area contributed by atoms with Crippen LogP contribution in [0.1, 0.15) is 24.4 Å². The van der Waals surface area contributed by atoms with Crippen LogP contribution in [0.25, 0.3) is 0 Å². The van der Waals surface area contributed by atoms with E-state index in [2.05, 4.69) is 23.9 Å². The summed E-state index contributed by atoms with van der Waals surface area (Å²) in [7, 11) is 4.05. The highest BCUT2D eigenvalue weighted by atomic mass is 16.3. The fraction of sp³-hybridized carbons (Fsp3) is 0.357. The number of aryl methyl sites for hydroxylation is 1. The van der Waals surface area contributed by atoms with Crippen LogP contribution in [-0.4, -0.2) is 26.6 Å². The molecule has 4 nitrogen and oxygen atoms in total. The van der Waals surface area contributed by atoms with E-state index in [0.717, 1.165) is 17.9 Å². The lowest BCUT2D eigenvalue weighted by Crippen LogP contribution is -2.23. The van der Waals surface area contributed by atoms with Gasteiger partial charge in [0.1, 0.15) is 11.6 Å². The SMILES string of the molecule is C[C@H](c1cccc(O)c1)N(C)Cc1nccn1C. The second-order valence-corrected chi connectivity index (χ2v) is 4.64. The first-order valence-corrected chi connectivity index (χ1v) is 6.03. The van der Waals surface area contributed by atoms with Crippen molar-refractivity contribution in [2.45, 2.75) is 19.5 Å². The summed E-state index contributed by atoms with van der Waals surface area (Å²) in [5, 5.41) is 9.51. The molecule has 0 bridgehead atoms. The third-order valence-electron chi connectivity index (χ3n) is 3.33. The molecule has 2 aromatic rings. The summed E-state index contributed by atoms with van der Waals surface area (Å²) in [6, 6.07) is 7.62. The van der Waals surface area contributed by atoms with Gasteiger partial charge in [0.25, 0.3) is 0 Å². The van der Waals surface area contributed by atoms with Gasteiger partial charge in [0.15, 0.2) is 0 Å². The third-order valence-corrected chi connectivity index (χ3v) is 3.33. The van der Waals surface area contributed by atoms with Gasteiger partial charge in [-0.2, -0.15) is 0 Å². The molecule has 1 aromatic heterocycles. The summed E-state index contributed by atoms with van der Waals surface area (Å²) < 4.78 is 2.02. The molecular weight excluding hydrogens is 226 g/mol. The van der Waals surface area contributed by atoms with Gasteiger partial charge >= 0.3 is 0 Å². The third kappa shape index (κ3) is 2.71. The van der Waals surface area contributed by atoms with E-state index in [0.29, 0.717) is 5.75 Å². The lowest BCUT2D eigenvalue weighted by molar-refractivity contribution is 0.244. The van der Waals surface area contributed by atoms with Crippen LogP contribution in [0.2, 0.25) is 0 Å². The number of phenolic OH excluding ortho intramolecular Hbond substituents is 1. The highest BCUT2D eigenvalue weighted by Crippen LogP contribution is 2.23. The minimum atomic E-state index is 0.230. The maximum absolute atomic E-state index is 9.51. The number of hydrogen-bond donors (Lipinski definition) is 1. The summed E-state index contributed by atoms with van der Waals surface area (Å²) in [5.74, 6) is 1.34. The number of hydrogen-bond acceptors (Lipinski definition) is 3. The lowest BCUT2D eigenvalue weighted by Gasteiger charge is -2.24. The van der Waals surface area contributed by atoms with Gasteiger partial charge in [0.2, 0.25) is 0 Å². The topological polar surface area (TPSA) is 41.3 Å². The number of phenols is 1. The summed E-state index contributed by atoms with van der Waals surface area (Å²) in [4.78, 5) is 6.53. The Hall–Kier alpha value is -1.81. The quantitative estimate of drug-likeness (QED) is 0.898. The molecule has 0 aliphatic heterocycles. The number of benzene rings is 1. The number of aromatic hydroxyl groups is 1. The molecule has 0 saturated heterocycles. The highest BCUT2D eigenvalue weighted by Gasteiger charge is 2.14. The first-order valence-electron chi connectivity index (χ1n) is 6.03. The van der Waals surface area contributed by atoms with Gasteiger partial charge < -0.3 is 9.67 Å². The molecule has 0 spiro atoms. The smallest absolute Gasteiger partial charge is 0.122 e. The molecule has 0 amide bonds. The number of rotatable bonds is 4. The summed E-state index contributed by atoms with van der Waals surface area (Å²) in [6.07, 6.45) is 3.75. The van der Waals surface area contributed by atoms with E-state index in [9.17, 15) is 5.11 Å². The van der Waals surface area contributed by atoms with E-state index in [4.69, 9.17) is 0 Å². The Kier molecular flexibility index (Phi) is 3.67. The van der Waals surface area contributed by atoms with Gasteiger partial charge in [-0.05, 0) is 31.7 Å². The van der Waals surface area contributed by atoms with Crippen molar-refractivity contribution in [3.63, 3.8) is 0 Å². The van der Waals surface area contributed by atoms with Crippen molar-refractivity contribution in [3.05, 3.63) is 48.0 Å². The Bertz CT molecular complexity index is 521. The first kappa shape index (κ1) is 12.6. The number of nitrogens with zero attached hydrogens (tertiary/aromatic N) is 3. The predicted octanol–water partition coefficient (Wildman–Crippen LogP) is 2.32. The van der Waals surface area contributed by atoms with Gasteiger partial charge in [0, 0.05) is 25.5 Å². The van der Waals surface area contributed by atoms with Crippen LogP contribution in [0.4, 0.5) is 0 Å². The predicted molar refractivity (Wildman–Crippen MR) is 71.2 cm³/mol. The molecular formula is C14H19N3O. The minimum absolute atomic E-state index is 0.230. The fourth-order valence-electron chi connectivity index (χ4n) is 1.95. The van der Waals surface area contributed by atoms with Crippen molar-refractivity contribution in [2.24, 2.45) is 7.05 Å². The van der Waals surface area contributed by atoms with Crippen LogP contribution in [0.5, 0.6) is 5.75 Å². The zero-order valence-corrected chi connectivity index (χ0v) is 11.0. The maximum Gasteiger partial charge on any atom is 0.122 e. The molecule has 1 atom stereocenters. The molecule has 0 fully saturated rings. The van der Waals surface area contributed by atoms with Gasteiger partial charge in [-0.15, -0.1) is 0 Å². The molecule has 96 valence electrons. The summed E-state index contributed by atoms with van der Waals surface area (Å²) in [5.41, 5.74) is 1.10. The van der Waals surface area contributed by atoms with E-state index in [1.54, 1.807) is 12.1 Å². The van der Waals surface area contributed by atoms with Crippen LogP contribution < -0.4 is 0 Å². The number of imidazole rings is 1. The van der Waals surface area contributed by atoms with Crippen molar-refractivity contribution in [1.29, 1.82) is 0 Å². The molecule has 1 aromatic carbocycles. The molecule has 0 saturated carbocycles. The molecule has 0 radical (unpaired) electrons. The van der Waals surface area contributed by atoms with Gasteiger partial charge in [0.05, 0.1) is 6.54 Å². The van der Waals surface area contributed by atoms with Crippen LogP contribution in [0.15, 0.2) is 36.7 Å². The average Bonchev–Trinajstić information content (AvgIpc) is 2.74. The Morgan fingerprint density at radius 1 is 1.44 bits per heavy atom. The van der Waals surface area contributed by atoms with Crippen LogP contribution >= 0.6 is 0 Å². The molecule has 4 heteroatoms. The Labute approximate surface area is 108 Å². The Morgan fingerprint density at radius 2 is 2.22 bits per heavy atom. The number of aromatic nitrogens is 2. The van der Waals surface area contributed by atoms with Crippen molar-refractivity contribution in [2.75, 3.05) is 7.05 Å². The van der Waals surface area contributed by atoms with Crippen LogP contribution in [0.3, 0.4) is 0 Å². The van der Waals surface area contributed by atoms with E-state index >= 15 is 0 Å². The summed E-state index contributed by atoms with van der Waals surface area (Å²) >= 11 is 0. The van der Waals surface area contributed by atoms with Crippen molar-refractivity contribution < 1.29 is 5.11 Å². The van der Waals surface area contributed by atoms with Crippen LogP contribution in [-0.2, 0) is 13.6 Å². The zero-order valence-electron chi connectivity index (χ0n) is 11.0. The van der Waals surface area contributed by atoms with Crippen molar-refractivity contribution in [1.82, 2.24) is 14.5 Å². The van der Waals surface area contributed by atoms with E-state index in [1.807, 2.05) is 36.1 Å².